The normalized spacial score (nSPS) is 31.9. The second-order valence-electron chi connectivity index (χ2n) is 7.27. The lowest BCUT2D eigenvalue weighted by Crippen LogP contribution is -2.50. The van der Waals surface area contributed by atoms with E-state index in [9.17, 15) is 14.4 Å². The van der Waals surface area contributed by atoms with Crippen molar-refractivity contribution in [3.05, 3.63) is 28.8 Å². The van der Waals surface area contributed by atoms with Gasteiger partial charge in [0.2, 0.25) is 0 Å². The number of halogens is 1. The molecular weight excluding hydrogens is 360 g/mol. The zero-order valence-corrected chi connectivity index (χ0v) is 14.7. The molecule has 0 spiro atoms. The molecule has 1 aromatic carbocycles. The van der Waals surface area contributed by atoms with E-state index in [1.165, 1.54) is 0 Å². The monoisotopic (exact) mass is 378 g/mol. The highest BCUT2D eigenvalue weighted by molar-refractivity contribution is 6.31. The van der Waals surface area contributed by atoms with Crippen LogP contribution in [-0.2, 0) is 4.79 Å². The summed E-state index contributed by atoms with van der Waals surface area (Å²) in [7, 11) is 0. The van der Waals surface area contributed by atoms with E-state index in [0.29, 0.717) is 16.3 Å². The van der Waals surface area contributed by atoms with E-state index in [1.54, 1.807) is 18.2 Å². The zero-order valence-electron chi connectivity index (χ0n) is 13.9. The Bertz CT molecular complexity index is 783. The van der Waals surface area contributed by atoms with Gasteiger partial charge >= 0.3 is 6.09 Å². The Hall–Kier alpha value is -2.28. The summed E-state index contributed by atoms with van der Waals surface area (Å²) in [5, 5.41) is 14.9. The van der Waals surface area contributed by atoms with Gasteiger partial charge < -0.3 is 20.5 Å². The van der Waals surface area contributed by atoms with E-state index in [2.05, 4.69) is 10.6 Å². The molecule has 2 fully saturated rings. The summed E-state index contributed by atoms with van der Waals surface area (Å²) in [4.78, 5) is 35.7. The van der Waals surface area contributed by atoms with Gasteiger partial charge in [-0.15, -0.1) is 0 Å². The summed E-state index contributed by atoms with van der Waals surface area (Å²) in [5.41, 5.74) is 0.407. The number of nitrogens with one attached hydrogen (secondary N) is 2. The molecule has 0 unspecified atom stereocenters. The van der Waals surface area contributed by atoms with E-state index in [4.69, 9.17) is 21.4 Å². The molecule has 3 aliphatic rings. The molecule has 0 radical (unpaired) electrons. The number of fused-ring (bicyclic) bond motifs is 3. The maximum absolute atomic E-state index is 12.6. The molecule has 138 valence electrons. The molecule has 8 heteroatoms. The van der Waals surface area contributed by atoms with Crippen molar-refractivity contribution < 1.29 is 24.2 Å². The van der Waals surface area contributed by atoms with Crippen molar-refractivity contribution in [2.45, 2.75) is 43.9 Å². The fourth-order valence-corrected chi connectivity index (χ4v) is 4.68. The first-order valence-corrected chi connectivity index (χ1v) is 9.07. The number of hydrogen-bond donors (Lipinski definition) is 3. The fourth-order valence-electron chi connectivity index (χ4n) is 4.51. The number of hydrogen-bond acceptors (Lipinski definition) is 4. The average Bonchev–Trinajstić information content (AvgIpc) is 3.14. The Morgan fingerprint density at radius 2 is 1.81 bits per heavy atom. The number of carbonyl (C=O) groups is 3. The van der Waals surface area contributed by atoms with Gasteiger partial charge in [-0.05, 0) is 49.3 Å². The number of ether oxygens (including phenoxy) is 1. The van der Waals surface area contributed by atoms with Gasteiger partial charge in [0, 0.05) is 17.1 Å². The number of amides is 2. The molecule has 0 saturated heterocycles. The third-order valence-electron chi connectivity index (χ3n) is 5.67. The highest BCUT2D eigenvalue weighted by Gasteiger charge is 2.47. The number of rotatable bonds is 3. The van der Waals surface area contributed by atoms with Crippen molar-refractivity contribution in [3.8, 4) is 5.75 Å². The zero-order chi connectivity index (χ0) is 18.4. The molecule has 0 aromatic heterocycles. The fraction of sp³-hybridized carbons (Fsp3) is 0.500. The van der Waals surface area contributed by atoms with Gasteiger partial charge in [-0.3, -0.25) is 9.59 Å². The number of Topliss-reactive ketones (excluding diaryl/α,β-unsaturated/α-hetero) is 1. The highest BCUT2D eigenvalue weighted by Crippen LogP contribution is 2.45. The van der Waals surface area contributed by atoms with Gasteiger partial charge in [-0.2, -0.15) is 0 Å². The van der Waals surface area contributed by atoms with Gasteiger partial charge in [-0.1, -0.05) is 11.6 Å². The van der Waals surface area contributed by atoms with E-state index < -0.39 is 12.2 Å². The molecule has 2 saturated carbocycles. The van der Waals surface area contributed by atoms with Crippen molar-refractivity contribution in [2.24, 2.45) is 11.8 Å². The van der Waals surface area contributed by atoms with Crippen molar-refractivity contribution in [1.82, 2.24) is 10.6 Å². The van der Waals surface area contributed by atoms with Crippen LogP contribution in [0.4, 0.5) is 4.79 Å². The predicted molar refractivity (Wildman–Crippen MR) is 92.5 cm³/mol. The SMILES string of the molecule is O=C(O)N[C@@H]1C[C@@H]2C[C@H]1C[C@H]2NC(=O)[C@H]1CC(=O)c2cc(Cl)ccc2O1. The highest BCUT2D eigenvalue weighted by atomic mass is 35.5. The van der Waals surface area contributed by atoms with Crippen molar-refractivity contribution in [2.75, 3.05) is 0 Å². The Morgan fingerprint density at radius 3 is 2.46 bits per heavy atom. The molecule has 2 aliphatic carbocycles. The summed E-state index contributed by atoms with van der Waals surface area (Å²) in [5.74, 6) is 0.431. The lowest BCUT2D eigenvalue weighted by atomic mass is 9.91. The summed E-state index contributed by atoms with van der Waals surface area (Å²) < 4.78 is 5.70. The maximum atomic E-state index is 12.6. The van der Waals surface area contributed by atoms with E-state index in [0.717, 1.165) is 19.3 Å². The van der Waals surface area contributed by atoms with Crippen LogP contribution in [0.15, 0.2) is 18.2 Å². The van der Waals surface area contributed by atoms with E-state index in [1.807, 2.05) is 0 Å². The van der Waals surface area contributed by atoms with Crippen LogP contribution in [0.5, 0.6) is 5.75 Å². The molecule has 4 rings (SSSR count). The quantitative estimate of drug-likeness (QED) is 0.748. The second-order valence-corrected chi connectivity index (χ2v) is 7.71. The second kappa shape index (κ2) is 6.46. The maximum Gasteiger partial charge on any atom is 0.404 e. The van der Waals surface area contributed by atoms with Gasteiger partial charge in [0.25, 0.3) is 5.91 Å². The lowest BCUT2D eigenvalue weighted by Gasteiger charge is -2.30. The molecular formula is C18H19ClN2O5. The summed E-state index contributed by atoms with van der Waals surface area (Å²) in [6, 6.07) is 4.76. The number of benzene rings is 1. The third-order valence-corrected chi connectivity index (χ3v) is 5.90. The molecule has 1 aliphatic heterocycles. The molecule has 26 heavy (non-hydrogen) atoms. The molecule has 7 nitrogen and oxygen atoms in total. The first-order valence-electron chi connectivity index (χ1n) is 8.70. The molecule has 1 aromatic rings. The van der Waals surface area contributed by atoms with Crippen LogP contribution in [0.2, 0.25) is 5.02 Å². The van der Waals surface area contributed by atoms with Crippen molar-refractivity contribution >= 4 is 29.4 Å². The van der Waals surface area contributed by atoms with Crippen LogP contribution < -0.4 is 15.4 Å². The van der Waals surface area contributed by atoms with Gasteiger partial charge in [0.1, 0.15) is 5.75 Å². The molecule has 2 amide bonds. The average molecular weight is 379 g/mol. The molecule has 5 atom stereocenters. The number of ketones is 1. The first kappa shape index (κ1) is 17.1. The summed E-state index contributed by atoms with van der Waals surface area (Å²) in [6.45, 7) is 0. The van der Waals surface area contributed by atoms with Gasteiger partial charge in [-0.25, -0.2) is 4.79 Å². The third kappa shape index (κ3) is 3.11. The van der Waals surface area contributed by atoms with Gasteiger partial charge in [0.05, 0.1) is 12.0 Å². The Morgan fingerprint density at radius 1 is 1.12 bits per heavy atom. The van der Waals surface area contributed by atoms with Crippen LogP contribution in [0, 0.1) is 11.8 Å². The molecule has 2 bridgehead atoms. The minimum atomic E-state index is -1.00. The Labute approximate surface area is 155 Å². The number of carbonyl (C=O) groups excluding carboxylic acids is 2. The minimum absolute atomic E-state index is 0.00432. The Kier molecular flexibility index (Phi) is 4.26. The van der Waals surface area contributed by atoms with Crippen molar-refractivity contribution in [3.63, 3.8) is 0 Å². The summed E-state index contributed by atoms with van der Waals surface area (Å²) in [6.07, 6.45) is 0.520. The predicted octanol–water partition coefficient (Wildman–Crippen LogP) is 2.22. The van der Waals surface area contributed by atoms with Crippen LogP contribution in [0.1, 0.15) is 36.0 Å². The van der Waals surface area contributed by atoms with Gasteiger partial charge in [0.15, 0.2) is 11.9 Å². The summed E-state index contributed by atoms with van der Waals surface area (Å²) >= 11 is 5.90. The first-order chi connectivity index (χ1) is 12.4. The topological polar surface area (TPSA) is 105 Å². The van der Waals surface area contributed by atoms with Crippen LogP contribution in [0.3, 0.4) is 0 Å². The smallest absolute Gasteiger partial charge is 0.404 e. The van der Waals surface area contributed by atoms with E-state index in [-0.39, 0.29) is 42.0 Å². The molecule has 1 heterocycles. The lowest BCUT2D eigenvalue weighted by molar-refractivity contribution is -0.129. The van der Waals surface area contributed by atoms with Crippen LogP contribution in [0.25, 0.3) is 0 Å². The Balaban J connectivity index is 1.38. The van der Waals surface area contributed by atoms with Crippen LogP contribution in [-0.4, -0.2) is 41.1 Å². The largest absolute Gasteiger partial charge is 0.479 e. The standard InChI is InChI=1S/C18H19ClN2O5/c19-10-1-2-15-11(6-10)14(22)7-16(26-15)17(23)20-12-4-9-3-8(12)5-13(9)21-18(24)25/h1-2,6,8-9,12-13,16,21H,3-5,7H2,(H,20,23)(H,24,25)/t8-,9-,12+,13+,16+/m0/s1. The number of carboxylic acid groups (broad SMARTS) is 1. The van der Waals surface area contributed by atoms with Crippen molar-refractivity contribution in [1.29, 1.82) is 0 Å². The molecule has 3 N–H and O–H groups in total. The van der Waals surface area contributed by atoms with E-state index >= 15 is 0 Å². The van der Waals surface area contributed by atoms with Crippen LogP contribution >= 0.6 is 11.6 Å². The minimum Gasteiger partial charge on any atom is -0.479 e.